The summed E-state index contributed by atoms with van der Waals surface area (Å²) < 4.78 is 34.1. The smallest absolute Gasteiger partial charge is 0.281 e. The summed E-state index contributed by atoms with van der Waals surface area (Å²) in [5.74, 6) is 1.13. The minimum absolute atomic E-state index is 0.0192. The van der Waals surface area contributed by atoms with E-state index in [1.807, 2.05) is 32.0 Å². The van der Waals surface area contributed by atoms with E-state index in [2.05, 4.69) is 45.7 Å². The first kappa shape index (κ1) is 26.4. The van der Waals surface area contributed by atoms with E-state index in [1.54, 1.807) is 36.5 Å². The zero-order valence-electron chi connectivity index (χ0n) is 21.7. The molecule has 0 radical (unpaired) electrons. The van der Waals surface area contributed by atoms with Crippen LogP contribution in [0.4, 0.5) is 17.3 Å². The van der Waals surface area contributed by atoms with Crippen LogP contribution in [0, 0.1) is 5.92 Å². The van der Waals surface area contributed by atoms with Crippen LogP contribution in [0.15, 0.2) is 65.8 Å². The average molecular weight is 524 g/mol. The first-order valence-electron chi connectivity index (χ1n) is 12.3. The number of amides is 1. The largest absolute Gasteiger partial charge is 0.491 e. The first-order chi connectivity index (χ1) is 17.4. The van der Waals surface area contributed by atoms with Crippen LogP contribution in [0.2, 0.25) is 0 Å². The molecule has 2 aromatic heterocycles. The normalized spacial score (nSPS) is 17.0. The van der Waals surface area contributed by atoms with Crippen molar-refractivity contribution in [2.45, 2.75) is 57.7 Å². The monoisotopic (exact) mass is 523 g/mol. The molecule has 0 saturated carbocycles. The highest BCUT2D eigenvalue weighted by Gasteiger charge is 2.39. The van der Waals surface area contributed by atoms with Crippen molar-refractivity contribution in [1.29, 1.82) is 0 Å². The number of aromatic nitrogens is 2. The molecule has 3 aromatic rings. The number of hydrogen-bond donors (Lipinski definition) is 2. The summed E-state index contributed by atoms with van der Waals surface area (Å²) in [7, 11) is -4.25. The molecule has 1 amide bonds. The van der Waals surface area contributed by atoms with E-state index in [1.165, 1.54) is 6.07 Å². The topological polar surface area (TPSA) is 114 Å². The average Bonchev–Trinajstić information content (AvgIpc) is 3.10. The number of pyridine rings is 2. The van der Waals surface area contributed by atoms with Crippen molar-refractivity contribution in [3.05, 3.63) is 66.4 Å². The fraction of sp³-hybridized carbons (Fsp3) is 0.370. The van der Waals surface area contributed by atoms with E-state index < -0.39 is 15.9 Å². The Bertz CT molecular complexity index is 1390. The lowest BCUT2D eigenvalue weighted by Crippen LogP contribution is -2.41. The maximum atomic E-state index is 13.2. The van der Waals surface area contributed by atoms with E-state index >= 15 is 0 Å². The van der Waals surface area contributed by atoms with Crippen LogP contribution >= 0.6 is 0 Å². The van der Waals surface area contributed by atoms with Crippen molar-refractivity contribution >= 4 is 33.3 Å². The molecule has 3 heterocycles. The Balaban J connectivity index is 1.54. The van der Waals surface area contributed by atoms with Crippen LogP contribution < -0.4 is 19.7 Å². The van der Waals surface area contributed by atoms with Gasteiger partial charge >= 0.3 is 0 Å². The minimum Gasteiger partial charge on any atom is -0.491 e. The Hall–Kier alpha value is -3.66. The van der Waals surface area contributed by atoms with Gasteiger partial charge in [-0.2, -0.15) is 8.42 Å². The summed E-state index contributed by atoms with van der Waals surface area (Å²) in [4.78, 5) is 23.9. The summed E-state index contributed by atoms with van der Waals surface area (Å²) in [5, 5.41) is 2.81. The maximum Gasteiger partial charge on any atom is 0.281 e. The minimum atomic E-state index is -4.25. The van der Waals surface area contributed by atoms with Crippen LogP contribution in [-0.2, 0) is 10.0 Å². The molecule has 1 aliphatic rings. The van der Waals surface area contributed by atoms with Crippen LogP contribution in [0.1, 0.15) is 51.4 Å². The van der Waals surface area contributed by atoms with Gasteiger partial charge in [-0.1, -0.05) is 19.1 Å². The maximum absolute atomic E-state index is 13.2. The zero-order chi connectivity index (χ0) is 26.8. The lowest BCUT2D eigenvalue weighted by Gasteiger charge is -2.33. The van der Waals surface area contributed by atoms with Crippen LogP contribution in [0.5, 0.6) is 5.75 Å². The quantitative estimate of drug-likeness (QED) is 0.435. The molecular formula is C27H33N5O4S. The molecule has 1 unspecified atom stereocenters. The predicted octanol–water partition coefficient (Wildman–Crippen LogP) is 4.75. The van der Waals surface area contributed by atoms with Crippen molar-refractivity contribution in [3.63, 3.8) is 0 Å². The molecule has 2 N–H and O–H groups in total. The Kier molecular flexibility index (Phi) is 7.40. The summed E-state index contributed by atoms with van der Waals surface area (Å²) in [6, 6.07) is 15.0. The van der Waals surface area contributed by atoms with Gasteiger partial charge in [-0.05, 0) is 76.4 Å². The fourth-order valence-electron chi connectivity index (χ4n) is 4.68. The number of benzene rings is 1. The lowest BCUT2D eigenvalue weighted by molar-refractivity contribution is 0.0981. The van der Waals surface area contributed by atoms with Crippen molar-refractivity contribution < 1.29 is 17.9 Å². The Morgan fingerprint density at radius 2 is 1.89 bits per heavy atom. The summed E-state index contributed by atoms with van der Waals surface area (Å²) in [6.45, 7) is 10.9. The third-order valence-electron chi connectivity index (χ3n) is 6.06. The van der Waals surface area contributed by atoms with Crippen molar-refractivity contribution in [1.82, 2.24) is 14.7 Å². The number of carbonyl (C=O) groups excluding carboxylic acids is 1. The second-order valence-corrected chi connectivity index (χ2v) is 11.9. The van der Waals surface area contributed by atoms with E-state index in [4.69, 9.17) is 4.74 Å². The highest BCUT2D eigenvalue weighted by Crippen LogP contribution is 2.37. The molecule has 1 aliphatic heterocycles. The van der Waals surface area contributed by atoms with E-state index in [9.17, 15) is 13.2 Å². The molecule has 0 bridgehead atoms. The highest BCUT2D eigenvalue weighted by atomic mass is 32.2. The molecule has 37 heavy (non-hydrogen) atoms. The molecule has 1 fully saturated rings. The molecule has 4 rings (SSSR count). The SMILES string of the molecule is CC1CN(c2ncccc2C(=O)NS(=O)(=O)c2cccc(Nc3cccc(OC(C)C)c3)n2)C(C)(C)C1. The molecule has 10 heteroatoms. The molecular weight excluding hydrogens is 490 g/mol. The number of nitrogens with one attached hydrogen (secondary N) is 2. The Morgan fingerprint density at radius 3 is 2.59 bits per heavy atom. The number of ether oxygens (including phenoxy) is 1. The number of rotatable bonds is 8. The van der Waals surface area contributed by atoms with Gasteiger partial charge in [0.1, 0.15) is 17.4 Å². The van der Waals surface area contributed by atoms with Gasteiger partial charge in [0.25, 0.3) is 15.9 Å². The van der Waals surface area contributed by atoms with Gasteiger partial charge in [0.05, 0.1) is 11.7 Å². The van der Waals surface area contributed by atoms with Crippen molar-refractivity contribution in [2.24, 2.45) is 5.92 Å². The third kappa shape index (κ3) is 6.19. The van der Waals surface area contributed by atoms with Gasteiger partial charge in [0, 0.05) is 30.0 Å². The third-order valence-corrected chi connectivity index (χ3v) is 7.30. The first-order valence-corrected chi connectivity index (χ1v) is 13.7. The number of anilines is 3. The van der Waals surface area contributed by atoms with Crippen LogP contribution in [-0.4, -0.2) is 42.5 Å². The van der Waals surface area contributed by atoms with Gasteiger partial charge in [0.15, 0.2) is 5.03 Å². The molecule has 1 aromatic carbocycles. The van der Waals surface area contributed by atoms with Gasteiger partial charge in [0.2, 0.25) is 0 Å². The van der Waals surface area contributed by atoms with Crippen LogP contribution in [0.25, 0.3) is 0 Å². The van der Waals surface area contributed by atoms with Gasteiger partial charge in [-0.25, -0.2) is 14.7 Å². The molecule has 0 spiro atoms. The standard InChI is InChI=1S/C27H33N5O4S/c1-18(2)36-21-10-6-9-20(15-21)29-23-12-7-13-24(30-23)37(34,35)31-26(33)22-11-8-14-28-25(22)32-17-19(3)16-27(32,4)5/h6-15,18-19H,16-17H2,1-5H3,(H,29,30)(H,31,33). The van der Waals surface area contributed by atoms with Crippen molar-refractivity contribution in [2.75, 3.05) is 16.8 Å². The second kappa shape index (κ2) is 10.4. The molecule has 0 aliphatic carbocycles. The van der Waals surface area contributed by atoms with Gasteiger partial charge < -0.3 is 15.0 Å². The fourth-order valence-corrected chi connectivity index (χ4v) is 5.61. The lowest BCUT2D eigenvalue weighted by atomic mass is 9.97. The summed E-state index contributed by atoms with van der Waals surface area (Å²) in [5.41, 5.74) is 0.678. The molecule has 1 atom stereocenters. The summed E-state index contributed by atoms with van der Waals surface area (Å²) in [6.07, 6.45) is 2.57. The zero-order valence-corrected chi connectivity index (χ0v) is 22.5. The number of hydrogen-bond acceptors (Lipinski definition) is 8. The molecule has 9 nitrogen and oxygen atoms in total. The Morgan fingerprint density at radius 1 is 1.14 bits per heavy atom. The highest BCUT2D eigenvalue weighted by molar-refractivity contribution is 7.90. The van der Waals surface area contributed by atoms with E-state index in [-0.39, 0.29) is 22.2 Å². The second-order valence-electron chi connectivity index (χ2n) is 10.2. The number of nitrogens with zero attached hydrogens (tertiary/aromatic N) is 3. The van der Waals surface area contributed by atoms with Crippen molar-refractivity contribution in [3.8, 4) is 5.75 Å². The van der Waals surface area contributed by atoms with E-state index in [0.717, 1.165) is 13.0 Å². The van der Waals surface area contributed by atoms with Gasteiger partial charge in [-0.15, -0.1) is 0 Å². The molecule has 1 saturated heterocycles. The van der Waals surface area contributed by atoms with E-state index in [0.29, 0.717) is 29.0 Å². The number of carbonyl (C=O) groups is 1. The molecule has 196 valence electrons. The van der Waals surface area contributed by atoms with Gasteiger partial charge in [-0.3, -0.25) is 4.79 Å². The summed E-state index contributed by atoms with van der Waals surface area (Å²) >= 11 is 0. The predicted molar refractivity (Wildman–Crippen MR) is 144 cm³/mol. The Labute approximate surface area is 218 Å². The van der Waals surface area contributed by atoms with Crippen LogP contribution in [0.3, 0.4) is 0 Å². The number of sulfonamides is 1.